The van der Waals surface area contributed by atoms with Crippen molar-refractivity contribution in [2.75, 3.05) is 26.2 Å². The third-order valence-corrected chi connectivity index (χ3v) is 17.5. The van der Waals surface area contributed by atoms with Crippen molar-refractivity contribution in [1.29, 1.82) is 0 Å². The van der Waals surface area contributed by atoms with E-state index in [0.717, 1.165) is 0 Å². The molecule has 0 unspecified atom stereocenters. The van der Waals surface area contributed by atoms with Gasteiger partial charge in [0.25, 0.3) is 0 Å². The Morgan fingerprint density at radius 3 is 0.990 bits per heavy atom. The van der Waals surface area contributed by atoms with Gasteiger partial charge in [0.1, 0.15) is 78.3 Å². The molecule has 33 nitrogen and oxygen atoms in total. The molecule has 2 rings (SSSR count). The minimum absolute atomic E-state index is 0.0635. The minimum atomic E-state index is -1.79. The largest absolute Gasteiger partial charge is 0.508 e. The van der Waals surface area contributed by atoms with Gasteiger partial charge in [-0.1, -0.05) is 104 Å². The third kappa shape index (κ3) is 33.4. The zero-order valence-corrected chi connectivity index (χ0v) is 62.9. The average molecular weight is 1480 g/mol. The Morgan fingerprint density at radius 2 is 0.610 bits per heavy atom. The summed E-state index contributed by atoms with van der Waals surface area (Å²) in [6.07, 6.45) is 2.72. The number of nitrogens with one attached hydrogen (secondary N) is 12. The molecule has 0 aliphatic carbocycles. The van der Waals surface area contributed by atoms with Crippen molar-refractivity contribution >= 4 is 76.9 Å². The van der Waals surface area contributed by atoms with Crippen molar-refractivity contribution in [2.45, 2.75) is 251 Å². The van der Waals surface area contributed by atoms with E-state index in [1.807, 2.05) is 0 Å². The molecule has 590 valence electrons. The van der Waals surface area contributed by atoms with Crippen molar-refractivity contribution in [2.24, 2.45) is 52.3 Å². The van der Waals surface area contributed by atoms with Crippen LogP contribution in [0.4, 0.5) is 0 Å². The second kappa shape index (κ2) is 48.3. The molecule has 0 aliphatic rings. The van der Waals surface area contributed by atoms with Gasteiger partial charge in [0.2, 0.25) is 70.9 Å². The number of hydrogen-bond acceptors (Lipinski definition) is 20. The average Bonchev–Trinajstić information content (AvgIpc) is 0.846. The molecule has 33 heteroatoms. The molecular formula is C72H121N17O16. The van der Waals surface area contributed by atoms with Crippen molar-refractivity contribution in [3.63, 3.8) is 0 Å². The van der Waals surface area contributed by atoms with Crippen LogP contribution in [0, 0.1) is 23.7 Å². The van der Waals surface area contributed by atoms with Crippen LogP contribution in [-0.2, 0) is 75.2 Å². The van der Waals surface area contributed by atoms with E-state index in [0.29, 0.717) is 82.0 Å². The molecule has 12 amide bonds. The lowest BCUT2D eigenvalue weighted by atomic mass is 9.98. The van der Waals surface area contributed by atoms with E-state index in [-0.39, 0.29) is 50.9 Å². The number of carboxylic acids is 1. The lowest BCUT2D eigenvalue weighted by molar-refractivity contribution is -0.143. The van der Waals surface area contributed by atoms with Crippen LogP contribution in [-0.4, -0.2) is 203 Å². The van der Waals surface area contributed by atoms with E-state index in [1.54, 1.807) is 85.7 Å². The molecule has 0 heterocycles. The van der Waals surface area contributed by atoms with Gasteiger partial charge in [0, 0.05) is 12.8 Å². The molecule has 0 aromatic heterocycles. The summed E-state index contributed by atoms with van der Waals surface area (Å²) in [4.78, 5) is 180. The molecule has 0 saturated heterocycles. The zero-order chi connectivity index (χ0) is 79.2. The van der Waals surface area contributed by atoms with Crippen LogP contribution >= 0.6 is 0 Å². The molecule has 0 fully saturated rings. The summed E-state index contributed by atoms with van der Waals surface area (Å²) in [5, 5.41) is 62.2. The van der Waals surface area contributed by atoms with Crippen LogP contribution in [0.15, 0.2) is 54.6 Å². The number of carbonyl (C=O) groups is 13. The second-order valence-corrected chi connectivity index (χ2v) is 28.1. The summed E-state index contributed by atoms with van der Waals surface area (Å²) in [5.41, 5.74) is 30.1. The number of unbranched alkanes of at least 4 members (excludes halogenated alkanes) is 4. The first kappa shape index (κ1) is 92.2. The van der Waals surface area contributed by atoms with Crippen molar-refractivity contribution in [1.82, 2.24) is 63.8 Å². The van der Waals surface area contributed by atoms with Crippen LogP contribution in [0.1, 0.15) is 164 Å². The molecule has 2 aromatic rings. The topological polar surface area (TPSA) is 557 Å². The molecule has 0 saturated carbocycles. The fourth-order valence-corrected chi connectivity index (χ4v) is 11.0. The fraction of sp³-hybridized carbons (Fsp3) is 0.653. The molecule has 0 aliphatic heterocycles. The van der Waals surface area contributed by atoms with Gasteiger partial charge in [0.15, 0.2) is 0 Å². The maximum Gasteiger partial charge on any atom is 0.326 e. The van der Waals surface area contributed by atoms with Crippen molar-refractivity contribution < 1.29 is 77.6 Å². The number of aliphatic hydroxyl groups excluding tert-OH is 1. The normalized spacial score (nSPS) is 15.4. The highest BCUT2D eigenvalue weighted by Gasteiger charge is 2.39. The van der Waals surface area contributed by atoms with Crippen molar-refractivity contribution in [3.8, 4) is 5.75 Å². The van der Waals surface area contributed by atoms with E-state index in [9.17, 15) is 77.6 Å². The number of phenolic OH excluding ortho intramolecular Hbond substituents is 1. The van der Waals surface area contributed by atoms with Gasteiger partial charge < -0.3 is 108 Å². The predicted octanol–water partition coefficient (Wildman–Crippen LogP) is -2.03. The minimum Gasteiger partial charge on any atom is -0.508 e. The first-order chi connectivity index (χ1) is 49.5. The molecule has 25 N–H and O–H groups in total. The van der Waals surface area contributed by atoms with Gasteiger partial charge in [-0.15, -0.1) is 0 Å². The SMILES string of the molecule is CC(C)[C@H](NC(=O)[C@H](Cc1ccccc1)NC(=O)[C@@H](NC(=O)[C@H](Cc1ccc(O)cc1)NC(=O)[C@@H](NC(=O)[C@H](C)NC(=O)[C@H](C)NC(=O)[C@@H](NC(=O)[C@@H](NC(=O)[C@H](CCCCN)NC(=O)[C@H](CCCCN)NC(=O)[C@H](CCCCN)NC(=O)[C@@H](N)CCCCN)C(C)C)C(C)C)[C@@H](C)O)C(C)C)C(=O)O. The number of aromatic hydroxyl groups is 1. The number of aliphatic carboxylic acids is 1. The van der Waals surface area contributed by atoms with Gasteiger partial charge in [-0.25, -0.2) is 4.79 Å². The molecule has 2 aromatic carbocycles. The number of amides is 12. The number of phenols is 1. The summed E-state index contributed by atoms with van der Waals surface area (Å²) in [7, 11) is 0. The van der Waals surface area contributed by atoms with Crippen LogP contribution in [0.2, 0.25) is 0 Å². The van der Waals surface area contributed by atoms with Gasteiger partial charge >= 0.3 is 5.97 Å². The predicted molar refractivity (Wildman–Crippen MR) is 395 cm³/mol. The molecule has 105 heavy (non-hydrogen) atoms. The molecule has 0 radical (unpaired) electrons. The number of carbonyl (C=O) groups excluding carboxylic acids is 12. The van der Waals surface area contributed by atoms with E-state index >= 15 is 0 Å². The molecule has 0 spiro atoms. The standard InChI is InChI=1S/C72H121N17O16/c1-39(2)55(87-70(102)57(41(5)6)85-65(97)52(28-18-22-36-76)82-64(96)51(27-17-21-35-75)81-63(95)50(26-16-20-34-74)80-62(94)49(77)25-15-19-33-73)68(100)79-43(9)60(92)78-44(10)61(93)89-59(45(11)90)71(103)84-54(38-47-29-31-48(91)32-30-47)66(98)86-56(40(3)4)69(101)83-53(37-46-23-13-12-14-24-46)67(99)88-58(42(7)8)72(104)105/h12-14,23-24,29-32,39-45,49-59,90-91H,15-22,25-28,33-38,73-77H2,1-11H3,(H,78,92)(H,79,100)(H,80,94)(H,81,95)(H,82,96)(H,83,101)(H,84,103)(H,85,97)(H,86,98)(H,87,102)(H,88,99)(H,89,93)(H,104,105)/t43-,44-,45+,49-,50-,51-,52-,53-,54-,55-,56-,57-,58-,59-/m0/s1. The van der Waals surface area contributed by atoms with Gasteiger partial charge in [-0.2, -0.15) is 0 Å². The van der Waals surface area contributed by atoms with E-state index in [4.69, 9.17) is 28.7 Å². The Labute approximate surface area is 616 Å². The molecule has 14 atom stereocenters. The highest BCUT2D eigenvalue weighted by Crippen LogP contribution is 2.17. The second-order valence-electron chi connectivity index (χ2n) is 28.1. The van der Waals surface area contributed by atoms with Gasteiger partial charge in [-0.3, -0.25) is 57.5 Å². The Kier molecular flexibility index (Phi) is 42.4. The van der Waals surface area contributed by atoms with Crippen LogP contribution in [0.3, 0.4) is 0 Å². The van der Waals surface area contributed by atoms with Gasteiger partial charge in [0.05, 0.1) is 12.1 Å². The molecular weight excluding hydrogens is 1360 g/mol. The third-order valence-electron chi connectivity index (χ3n) is 17.5. The number of carboxylic acid groups (broad SMARTS) is 1. The Balaban J connectivity index is 2.32. The van der Waals surface area contributed by atoms with E-state index < -0.39 is 185 Å². The number of aliphatic hydroxyl groups is 1. The lowest BCUT2D eigenvalue weighted by Gasteiger charge is -2.30. The maximum absolute atomic E-state index is 14.4. The summed E-state index contributed by atoms with van der Waals surface area (Å²) in [6, 6.07) is -3.01. The van der Waals surface area contributed by atoms with Gasteiger partial charge in [-0.05, 0) is 165 Å². The number of rotatable bonds is 50. The fourth-order valence-electron chi connectivity index (χ4n) is 11.0. The Morgan fingerprint density at radius 1 is 0.324 bits per heavy atom. The number of benzene rings is 2. The van der Waals surface area contributed by atoms with Crippen LogP contribution in [0.5, 0.6) is 5.75 Å². The molecule has 0 bridgehead atoms. The highest BCUT2D eigenvalue weighted by atomic mass is 16.4. The smallest absolute Gasteiger partial charge is 0.326 e. The first-order valence-electron chi connectivity index (χ1n) is 36.4. The Hall–Kier alpha value is -8.89. The van der Waals surface area contributed by atoms with Crippen LogP contribution in [0.25, 0.3) is 0 Å². The van der Waals surface area contributed by atoms with Crippen LogP contribution < -0.4 is 92.5 Å². The summed E-state index contributed by atoms with van der Waals surface area (Å²) < 4.78 is 0. The van der Waals surface area contributed by atoms with E-state index in [2.05, 4.69) is 63.8 Å². The summed E-state index contributed by atoms with van der Waals surface area (Å²) >= 11 is 0. The Bertz CT molecular complexity index is 3110. The maximum atomic E-state index is 14.4. The summed E-state index contributed by atoms with van der Waals surface area (Å²) in [6.45, 7) is 18.0. The highest BCUT2D eigenvalue weighted by molar-refractivity contribution is 6.00. The lowest BCUT2D eigenvalue weighted by Crippen LogP contribution is -2.62. The number of hydrogen-bond donors (Lipinski definition) is 20. The van der Waals surface area contributed by atoms with Crippen molar-refractivity contribution in [3.05, 3.63) is 65.7 Å². The monoisotopic (exact) mass is 1480 g/mol. The van der Waals surface area contributed by atoms with E-state index in [1.165, 1.54) is 45.0 Å². The number of nitrogens with two attached hydrogens (primary N) is 5. The quantitative estimate of drug-likeness (QED) is 0.0318. The summed E-state index contributed by atoms with van der Waals surface area (Å²) in [5.74, 6) is -13.7. The first-order valence-corrected chi connectivity index (χ1v) is 36.4. The zero-order valence-electron chi connectivity index (χ0n) is 62.9.